The van der Waals surface area contributed by atoms with E-state index >= 15 is 0 Å². The van der Waals surface area contributed by atoms with Gasteiger partial charge in [0, 0.05) is 4.90 Å². The molecule has 0 nitrogen and oxygen atoms in total. The summed E-state index contributed by atoms with van der Waals surface area (Å²) in [5.74, 6) is 0. The molecule has 0 aliphatic carbocycles. The van der Waals surface area contributed by atoms with E-state index in [1.807, 2.05) is 13.0 Å². The summed E-state index contributed by atoms with van der Waals surface area (Å²) in [4.78, 5) is 0.840. The lowest BCUT2D eigenvalue weighted by molar-refractivity contribution is 1.37. The van der Waals surface area contributed by atoms with Crippen LogP contribution in [0.25, 0.3) is 0 Å². The fraction of sp³-hybridized carbons (Fsp3) is 0.143. The summed E-state index contributed by atoms with van der Waals surface area (Å²) in [6, 6.07) is 3.59. The normalized spacial score (nSPS) is 10.0. The zero-order valence-electron chi connectivity index (χ0n) is 5.36. The lowest BCUT2D eigenvalue weighted by atomic mass is 10.2. The van der Waals surface area contributed by atoms with Crippen LogP contribution in [0.15, 0.2) is 17.0 Å². The van der Waals surface area contributed by atoms with Gasteiger partial charge in [-0.25, -0.2) is 0 Å². The Labute approximate surface area is 75.6 Å². The molecule has 0 aliphatic rings. The molecule has 0 unspecified atom stereocenters. The highest BCUT2D eigenvalue weighted by atomic mass is 35.5. The second-order valence-corrected chi connectivity index (χ2v) is 3.36. The van der Waals surface area contributed by atoms with Gasteiger partial charge in [-0.1, -0.05) is 23.2 Å². The summed E-state index contributed by atoms with van der Waals surface area (Å²) < 4.78 is 0. The van der Waals surface area contributed by atoms with E-state index in [1.54, 1.807) is 6.07 Å². The van der Waals surface area contributed by atoms with Crippen molar-refractivity contribution in [1.82, 2.24) is 0 Å². The molecule has 1 aromatic carbocycles. The van der Waals surface area contributed by atoms with E-state index in [-0.39, 0.29) is 0 Å². The molecule has 0 aromatic heterocycles. The Bertz CT molecular complexity index is 235. The molecule has 0 bridgehead atoms. The fourth-order valence-electron chi connectivity index (χ4n) is 0.708. The van der Waals surface area contributed by atoms with Crippen LogP contribution in [-0.4, -0.2) is 0 Å². The Hall–Kier alpha value is 0.150. The molecule has 0 amide bonds. The van der Waals surface area contributed by atoms with Gasteiger partial charge in [-0.2, -0.15) is 0 Å². The Morgan fingerprint density at radius 2 is 1.90 bits per heavy atom. The molecule has 3 heteroatoms. The minimum absolute atomic E-state index is 0.562. The molecule has 54 valence electrons. The molecule has 1 aromatic rings. The van der Waals surface area contributed by atoms with Crippen LogP contribution in [0.3, 0.4) is 0 Å². The van der Waals surface area contributed by atoms with Crippen LogP contribution in [-0.2, 0) is 0 Å². The fourth-order valence-corrected chi connectivity index (χ4v) is 1.48. The van der Waals surface area contributed by atoms with Crippen LogP contribution < -0.4 is 0 Å². The number of thiol groups is 1. The van der Waals surface area contributed by atoms with E-state index in [9.17, 15) is 0 Å². The lowest BCUT2D eigenvalue weighted by Crippen LogP contribution is -1.76. The zero-order chi connectivity index (χ0) is 7.72. The molecule has 0 saturated heterocycles. The van der Waals surface area contributed by atoms with E-state index in [0.29, 0.717) is 10.0 Å². The molecule has 0 aliphatic heterocycles. The van der Waals surface area contributed by atoms with Crippen molar-refractivity contribution in [3.05, 3.63) is 27.7 Å². The van der Waals surface area contributed by atoms with Crippen molar-refractivity contribution < 1.29 is 0 Å². The monoisotopic (exact) mass is 192 g/mol. The van der Waals surface area contributed by atoms with Gasteiger partial charge in [-0.3, -0.25) is 0 Å². The second-order valence-electron chi connectivity index (χ2n) is 2.06. The average molecular weight is 193 g/mol. The van der Waals surface area contributed by atoms with Gasteiger partial charge in [0.15, 0.2) is 0 Å². The predicted molar refractivity (Wildman–Crippen MR) is 48.5 cm³/mol. The first kappa shape index (κ1) is 8.25. The summed E-state index contributed by atoms with van der Waals surface area (Å²) in [6.07, 6.45) is 0. The first-order chi connectivity index (χ1) is 4.61. The maximum absolute atomic E-state index is 5.78. The van der Waals surface area contributed by atoms with E-state index in [0.717, 1.165) is 10.5 Å². The maximum Gasteiger partial charge on any atom is 0.0622 e. The summed E-state index contributed by atoms with van der Waals surface area (Å²) in [5.41, 5.74) is 0.958. The summed E-state index contributed by atoms with van der Waals surface area (Å²) in [6.45, 7) is 1.90. The van der Waals surface area contributed by atoms with Crippen LogP contribution in [0.4, 0.5) is 0 Å². The number of hydrogen-bond donors (Lipinski definition) is 1. The van der Waals surface area contributed by atoms with E-state index in [4.69, 9.17) is 23.2 Å². The summed E-state index contributed by atoms with van der Waals surface area (Å²) >= 11 is 15.7. The first-order valence-electron chi connectivity index (χ1n) is 2.76. The number of aryl methyl sites for hydroxylation is 1. The van der Waals surface area contributed by atoms with Crippen molar-refractivity contribution in [2.24, 2.45) is 0 Å². The molecule has 10 heavy (non-hydrogen) atoms. The van der Waals surface area contributed by atoms with Crippen molar-refractivity contribution in [2.45, 2.75) is 11.8 Å². The van der Waals surface area contributed by atoms with Gasteiger partial charge in [0.1, 0.15) is 0 Å². The predicted octanol–water partition coefficient (Wildman–Crippen LogP) is 3.59. The molecule has 0 N–H and O–H groups in total. The number of rotatable bonds is 0. The Kier molecular flexibility index (Phi) is 2.50. The highest BCUT2D eigenvalue weighted by molar-refractivity contribution is 7.80. The Morgan fingerprint density at radius 3 is 2.40 bits per heavy atom. The van der Waals surface area contributed by atoms with Crippen molar-refractivity contribution >= 4 is 35.8 Å². The lowest BCUT2D eigenvalue weighted by Gasteiger charge is -2.00. The van der Waals surface area contributed by atoms with Crippen LogP contribution in [0.5, 0.6) is 0 Å². The van der Waals surface area contributed by atoms with Gasteiger partial charge in [0.05, 0.1) is 10.0 Å². The molecular formula is C7H6Cl2S. The minimum Gasteiger partial charge on any atom is -0.143 e. The first-order valence-corrected chi connectivity index (χ1v) is 3.96. The molecule has 0 radical (unpaired) electrons. The van der Waals surface area contributed by atoms with Gasteiger partial charge in [-0.05, 0) is 24.6 Å². The summed E-state index contributed by atoms with van der Waals surface area (Å²) in [7, 11) is 0. The third-order valence-corrected chi connectivity index (χ3v) is 2.35. The molecular weight excluding hydrogens is 187 g/mol. The molecule has 0 atom stereocenters. The number of halogens is 2. The quantitative estimate of drug-likeness (QED) is 0.598. The van der Waals surface area contributed by atoms with E-state index in [2.05, 4.69) is 12.6 Å². The molecule has 0 spiro atoms. The van der Waals surface area contributed by atoms with Crippen LogP contribution >= 0.6 is 35.8 Å². The molecule has 0 heterocycles. The Balaban J connectivity index is 3.31. The third-order valence-electron chi connectivity index (χ3n) is 1.19. The molecule has 0 fully saturated rings. The van der Waals surface area contributed by atoms with Gasteiger partial charge in [0.25, 0.3) is 0 Å². The number of benzene rings is 1. The van der Waals surface area contributed by atoms with E-state index in [1.165, 1.54) is 0 Å². The minimum atomic E-state index is 0.562. The van der Waals surface area contributed by atoms with Gasteiger partial charge < -0.3 is 0 Å². The maximum atomic E-state index is 5.78. The largest absolute Gasteiger partial charge is 0.143 e. The van der Waals surface area contributed by atoms with Crippen LogP contribution in [0, 0.1) is 6.92 Å². The smallest absolute Gasteiger partial charge is 0.0622 e. The van der Waals surface area contributed by atoms with Crippen molar-refractivity contribution in [3.63, 3.8) is 0 Å². The van der Waals surface area contributed by atoms with Gasteiger partial charge in [0.2, 0.25) is 0 Å². The average Bonchev–Trinajstić information content (AvgIpc) is 1.82. The molecule has 0 saturated carbocycles. The van der Waals surface area contributed by atoms with Crippen molar-refractivity contribution in [1.29, 1.82) is 0 Å². The standard InChI is InChI=1S/C7H6Cl2S/c1-4-2-5(10)3-6(8)7(4)9/h2-3,10H,1H3. The zero-order valence-corrected chi connectivity index (χ0v) is 7.76. The highest BCUT2D eigenvalue weighted by Gasteiger charge is 2.00. The number of hydrogen-bond acceptors (Lipinski definition) is 1. The molecule has 1 rings (SSSR count). The van der Waals surface area contributed by atoms with E-state index < -0.39 is 0 Å². The highest BCUT2D eigenvalue weighted by Crippen LogP contribution is 2.27. The van der Waals surface area contributed by atoms with Gasteiger partial charge in [-0.15, -0.1) is 12.6 Å². The third kappa shape index (κ3) is 1.60. The topological polar surface area (TPSA) is 0 Å². The van der Waals surface area contributed by atoms with Crippen LogP contribution in [0.2, 0.25) is 10.0 Å². The van der Waals surface area contributed by atoms with Gasteiger partial charge >= 0.3 is 0 Å². The van der Waals surface area contributed by atoms with Crippen molar-refractivity contribution in [2.75, 3.05) is 0 Å². The Morgan fingerprint density at radius 1 is 1.30 bits per heavy atom. The summed E-state index contributed by atoms with van der Waals surface area (Å²) in [5, 5.41) is 1.17. The second kappa shape index (κ2) is 3.04. The van der Waals surface area contributed by atoms with Crippen LogP contribution in [0.1, 0.15) is 5.56 Å². The van der Waals surface area contributed by atoms with Crippen molar-refractivity contribution in [3.8, 4) is 0 Å². The SMILES string of the molecule is Cc1cc(S)cc(Cl)c1Cl.